The quantitative estimate of drug-likeness (QED) is 0.201. The van der Waals surface area contributed by atoms with Crippen molar-refractivity contribution in [3.63, 3.8) is 0 Å². The highest BCUT2D eigenvalue weighted by Gasteiger charge is 2.21. The van der Waals surface area contributed by atoms with Crippen molar-refractivity contribution in [1.29, 1.82) is 0 Å². The molecule has 10 rings (SSSR count). The summed E-state index contributed by atoms with van der Waals surface area (Å²) in [5.41, 5.74) is 8.91. The zero-order chi connectivity index (χ0) is 30.9. The first-order chi connectivity index (χ1) is 23.3. The van der Waals surface area contributed by atoms with Gasteiger partial charge in [-0.15, -0.1) is 0 Å². The Bertz CT molecular complexity index is 2810. The van der Waals surface area contributed by atoms with Crippen molar-refractivity contribution in [3.05, 3.63) is 164 Å². The first-order valence-electron chi connectivity index (χ1n) is 15.9. The number of hydrogen-bond acceptors (Lipinski definition) is 3. The summed E-state index contributed by atoms with van der Waals surface area (Å²) >= 11 is 0. The Balaban J connectivity index is 1.26. The smallest absolute Gasteiger partial charge is 0.138 e. The van der Waals surface area contributed by atoms with E-state index in [9.17, 15) is 0 Å². The molecule has 0 bridgehead atoms. The highest BCUT2D eigenvalue weighted by Crippen LogP contribution is 2.46. The maximum atomic E-state index is 6.57. The number of para-hydroxylation sites is 1. The fourth-order valence-electron chi connectivity index (χ4n) is 7.23. The summed E-state index contributed by atoms with van der Waals surface area (Å²) in [5, 5.41) is 9.16. The molecule has 3 heteroatoms. The maximum absolute atomic E-state index is 6.57. The molecule has 0 aliphatic heterocycles. The van der Waals surface area contributed by atoms with Crippen LogP contribution in [0.1, 0.15) is 0 Å². The Kier molecular flexibility index (Phi) is 5.57. The lowest BCUT2D eigenvalue weighted by Gasteiger charge is -2.27. The van der Waals surface area contributed by atoms with Gasteiger partial charge in [0.05, 0.1) is 5.69 Å². The summed E-state index contributed by atoms with van der Waals surface area (Å²) in [5.74, 6) is 0. The Morgan fingerprint density at radius 3 is 1.87 bits per heavy atom. The fraction of sp³-hybridized carbons (Fsp3) is 0. The molecule has 2 aromatic heterocycles. The van der Waals surface area contributed by atoms with E-state index in [0.717, 1.165) is 77.3 Å². The molecule has 0 aliphatic rings. The summed E-state index contributed by atoms with van der Waals surface area (Å²) in [4.78, 5) is 2.34. The highest BCUT2D eigenvalue weighted by atomic mass is 16.3. The monoisotopic (exact) mass is 601 g/mol. The van der Waals surface area contributed by atoms with Crippen LogP contribution < -0.4 is 4.90 Å². The second-order valence-corrected chi connectivity index (χ2v) is 12.1. The Morgan fingerprint density at radius 2 is 1.00 bits per heavy atom. The van der Waals surface area contributed by atoms with Gasteiger partial charge in [-0.05, 0) is 69.8 Å². The molecule has 47 heavy (non-hydrogen) atoms. The van der Waals surface area contributed by atoms with Crippen molar-refractivity contribution >= 4 is 82.5 Å². The van der Waals surface area contributed by atoms with E-state index in [-0.39, 0.29) is 0 Å². The molecule has 0 saturated carbocycles. The van der Waals surface area contributed by atoms with E-state index >= 15 is 0 Å². The Morgan fingerprint density at radius 1 is 0.340 bits per heavy atom. The average molecular weight is 602 g/mol. The maximum Gasteiger partial charge on any atom is 0.138 e. The molecule has 3 nitrogen and oxygen atoms in total. The third-order valence-corrected chi connectivity index (χ3v) is 9.40. The number of rotatable bonds is 4. The molecule has 2 heterocycles. The summed E-state index contributed by atoms with van der Waals surface area (Å²) in [7, 11) is 0. The molecule has 0 amide bonds. The van der Waals surface area contributed by atoms with Crippen LogP contribution >= 0.6 is 0 Å². The van der Waals surface area contributed by atoms with Crippen LogP contribution in [0.5, 0.6) is 0 Å². The third-order valence-electron chi connectivity index (χ3n) is 9.40. The van der Waals surface area contributed by atoms with Gasteiger partial charge in [0.15, 0.2) is 0 Å². The first-order valence-corrected chi connectivity index (χ1v) is 15.9. The minimum Gasteiger partial charge on any atom is -0.456 e. The van der Waals surface area contributed by atoms with Crippen molar-refractivity contribution in [2.75, 3.05) is 4.90 Å². The van der Waals surface area contributed by atoms with E-state index in [1.807, 2.05) is 12.1 Å². The molecule has 0 spiro atoms. The van der Waals surface area contributed by atoms with Crippen molar-refractivity contribution in [2.24, 2.45) is 0 Å². The van der Waals surface area contributed by atoms with E-state index in [0.29, 0.717) is 0 Å². The topological polar surface area (TPSA) is 29.5 Å². The van der Waals surface area contributed by atoms with Gasteiger partial charge in [0, 0.05) is 50.4 Å². The molecule has 0 fully saturated rings. The molecule has 8 aromatic carbocycles. The third kappa shape index (κ3) is 4.07. The van der Waals surface area contributed by atoms with Gasteiger partial charge in [-0.25, -0.2) is 0 Å². The molecule has 0 N–H and O–H groups in total. The largest absolute Gasteiger partial charge is 0.456 e. The highest BCUT2D eigenvalue weighted by molar-refractivity contribution is 6.22. The summed E-state index contributed by atoms with van der Waals surface area (Å²) < 4.78 is 13.1. The van der Waals surface area contributed by atoms with Crippen molar-refractivity contribution in [1.82, 2.24) is 0 Å². The molecular formula is C44H27NO2. The number of anilines is 3. The second kappa shape index (κ2) is 10.1. The zero-order valence-electron chi connectivity index (χ0n) is 25.4. The Hall–Kier alpha value is -6.32. The van der Waals surface area contributed by atoms with Crippen LogP contribution in [0.15, 0.2) is 173 Å². The molecular weight excluding hydrogens is 574 g/mol. The van der Waals surface area contributed by atoms with E-state index in [4.69, 9.17) is 8.83 Å². The van der Waals surface area contributed by atoms with E-state index in [1.165, 1.54) is 16.3 Å². The lowest BCUT2D eigenvalue weighted by atomic mass is 10.00. The summed E-state index contributed by atoms with van der Waals surface area (Å²) in [6.07, 6.45) is 0. The first kappa shape index (κ1) is 26.0. The Labute approximate surface area is 270 Å². The van der Waals surface area contributed by atoms with Crippen LogP contribution in [-0.4, -0.2) is 0 Å². The summed E-state index contributed by atoms with van der Waals surface area (Å²) in [6.45, 7) is 0. The van der Waals surface area contributed by atoms with Crippen LogP contribution in [0.25, 0.3) is 76.5 Å². The van der Waals surface area contributed by atoms with Crippen LogP contribution in [0.4, 0.5) is 17.1 Å². The van der Waals surface area contributed by atoms with Crippen molar-refractivity contribution in [2.45, 2.75) is 0 Å². The van der Waals surface area contributed by atoms with Gasteiger partial charge in [-0.1, -0.05) is 109 Å². The minimum absolute atomic E-state index is 0.853. The van der Waals surface area contributed by atoms with Gasteiger partial charge in [-0.2, -0.15) is 0 Å². The van der Waals surface area contributed by atoms with Gasteiger partial charge in [0.1, 0.15) is 22.3 Å². The predicted octanol–water partition coefficient (Wildman–Crippen LogP) is 12.9. The van der Waals surface area contributed by atoms with Gasteiger partial charge in [0.25, 0.3) is 0 Å². The molecule has 0 aliphatic carbocycles. The van der Waals surface area contributed by atoms with Crippen LogP contribution in [0.3, 0.4) is 0 Å². The predicted molar refractivity (Wildman–Crippen MR) is 196 cm³/mol. The van der Waals surface area contributed by atoms with Crippen LogP contribution in [0, 0.1) is 0 Å². The van der Waals surface area contributed by atoms with E-state index in [1.54, 1.807) is 0 Å². The number of benzene rings is 8. The van der Waals surface area contributed by atoms with Crippen LogP contribution in [-0.2, 0) is 0 Å². The molecule has 10 aromatic rings. The van der Waals surface area contributed by atoms with Gasteiger partial charge >= 0.3 is 0 Å². The lowest BCUT2D eigenvalue weighted by molar-refractivity contribution is 0.669. The molecule has 220 valence electrons. The van der Waals surface area contributed by atoms with E-state index in [2.05, 4.69) is 157 Å². The SMILES string of the molecule is c1ccc(-c2cccc(N(c3ccc4c(c3)oc3cc5ccccc5cc34)c3cc4oc5ccccc5c4c4ccccc34)c2)cc1. The molecule has 0 saturated heterocycles. The molecule has 0 unspecified atom stereocenters. The number of fused-ring (bicyclic) bond motifs is 9. The molecule has 0 radical (unpaired) electrons. The number of nitrogens with zero attached hydrogens (tertiary/aromatic N) is 1. The summed E-state index contributed by atoms with van der Waals surface area (Å²) in [6, 6.07) is 57.8. The second-order valence-electron chi connectivity index (χ2n) is 12.1. The zero-order valence-corrected chi connectivity index (χ0v) is 25.4. The molecule has 0 atom stereocenters. The van der Waals surface area contributed by atoms with Gasteiger partial charge in [0.2, 0.25) is 0 Å². The van der Waals surface area contributed by atoms with E-state index < -0.39 is 0 Å². The average Bonchev–Trinajstić information content (AvgIpc) is 3.68. The normalized spacial score (nSPS) is 11.8. The van der Waals surface area contributed by atoms with Crippen molar-refractivity contribution < 1.29 is 8.83 Å². The van der Waals surface area contributed by atoms with Gasteiger partial charge in [-0.3, -0.25) is 0 Å². The van der Waals surface area contributed by atoms with Crippen molar-refractivity contribution in [3.8, 4) is 11.1 Å². The van der Waals surface area contributed by atoms with Gasteiger partial charge < -0.3 is 13.7 Å². The number of furan rings is 2. The number of hydrogen-bond donors (Lipinski definition) is 0. The lowest BCUT2D eigenvalue weighted by Crippen LogP contribution is -2.10. The fourth-order valence-corrected chi connectivity index (χ4v) is 7.23. The minimum atomic E-state index is 0.853. The standard InChI is InChI=1S/C44H27NO2/c1-2-11-28(12-3-1)29-15-10-16-32(23-29)45(33-21-22-35-38-24-30-13-4-5-14-31(30)25-41(38)47-42(35)26-33)39-27-43-44(36-18-7-6-17-34(36)39)37-19-8-9-20-40(37)46-43/h1-27H. The van der Waals surface area contributed by atoms with Crippen LogP contribution in [0.2, 0.25) is 0 Å².